The Bertz CT molecular complexity index is 219. The van der Waals surface area contributed by atoms with E-state index in [1.807, 2.05) is 13.8 Å². The maximum absolute atomic E-state index is 11.5. The molecule has 4 N–H and O–H groups in total. The van der Waals surface area contributed by atoms with Gasteiger partial charge in [0.15, 0.2) is 0 Å². The number of hydrogen-bond donors (Lipinski definition) is 3. The average Bonchev–Trinajstić information content (AvgIpc) is 2.16. The molecular weight excluding hydrogens is 196 g/mol. The number of aliphatic carboxylic acids is 1. The van der Waals surface area contributed by atoms with Gasteiger partial charge in [-0.3, -0.25) is 9.59 Å². The fourth-order valence-electron chi connectivity index (χ4n) is 1.26. The summed E-state index contributed by atoms with van der Waals surface area (Å²) in [6.07, 6.45) is 2.00. The zero-order valence-corrected chi connectivity index (χ0v) is 9.32. The third kappa shape index (κ3) is 6.06. The largest absolute Gasteiger partial charge is 0.481 e. The molecule has 15 heavy (non-hydrogen) atoms. The first-order chi connectivity index (χ1) is 7.01. The lowest BCUT2D eigenvalue weighted by Crippen LogP contribution is -2.45. The van der Waals surface area contributed by atoms with Crippen molar-refractivity contribution in [1.82, 2.24) is 5.32 Å². The number of carboxylic acid groups (broad SMARTS) is 1. The molecule has 2 unspecified atom stereocenters. The second-order valence-corrected chi connectivity index (χ2v) is 3.61. The van der Waals surface area contributed by atoms with E-state index in [2.05, 4.69) is 5.32 Å². The Morgan fingerprint density at radius 1 is 1.40 bits per heavy atom. The van der Waals surface area contributed by atoms with Crippen molar-refractivity contribution in [2.75, 3.05) is 0 Å². The Morgan fingerprint density at radius 2 is 2.00 bits per heavy atom. The van der Waals surface area contributed by atoms with Crippen molar-refractivity contribution in [2.24, 2.45) is 5.73 Å². The third-order valence-corrected chi connectivity index (χ3v) is 2.20. The van der Waals surface area contributed by atoms with Crippen LogP contribution in [0.2, 0.25) is 0 Å². The van der Waals surface area contributed by atoms with Crippen LogP contribution < -0.4 is 11.1 Å². The second-order valence-electron chi connectivity index (χ2n) is 3.61. The highest BCUT2D eigenvalue weighted by atomic mass is 16.4. The molecule has 0 aliphatic rings. The number of rotatable bonds is 7. The van der Waals surface area contributed by atoms with Gasteiger partial charge in [0.1, 0.15) is 0 Å². The van der Waals surface area contributed by atoms with Crippen molar-refractivity contribution in [3.05, 3.63) is 0 Å². The van der Waals surface area contributed by atoms with Gasteiger partial charge in [0.2, 0.25) is 5.91 Å². The molecule has 88 valence electrons. The first kappa shape index (κ1) is 13.9. The molecule has 0 spiro atoms. The normalized spacial score (nSPS) is 14.3. The highest BCUT2D eigenvalue weighted by Gasteiger charge is 2.18. The van der Waals surface area contributed by atoms with Crippen LogP contribution in [0, 0.1) is 0 Å². The molecule has 0 radical (unpaired) electrons. The van der Waals surface area contributed by atoms with Crippen molar-refractivity contribution in [1.29, 1.82) is 0 Å². The average molecular weight is 216 g/mol. The molecule has 0 saturated heterocycles. The van der Waals surface area contributed by atoms with E-state index in [0.29, 0.717) is 12.8 Å². The van der Waals surface area contributed by atoms with Gasteiger partial charge >= 0.3 is 5.97 Å². The minimum Gasteiger partial charge on any atom is -0.481 e. The van der Waals surface area contributed by atoms with Gasteiger partial charge in [-0.25, -0.2) is 0 Å². The molecule has 0 bridgehead atoms. The van der Waals surface area contributed by atoms with Gasteiger partial charge < -0.3 is 16.2 Å². The van der Waals surface area contributed by atoms with Crippen LogP contribution in [0.5, 0.6) is 0 Å². The summed E-state index contributed by atoms with van der Waals surface area (Å²) in [5.74, 6) is -1.17. The van der Waals surface area contributed by atoms with Gasteiger partial charge in [0.25, 0.3) is 0 Å². The molecule has 2 atom stereocenters. The molecule has 0 aliphatic heterocycles. The minimum absolute atomic E-state index is 0.0545. The molecule has 0 heterocycles. The lowest BCUT2D eigenvalue weighted by molar-refractivity contribution is -0.137. The lowest BCUT2D eigenvalue weighted by Gasteiger charge is -2.17. The van der Waals surface area contributed by atoms with Crippen molar-refractivity contribution < 1.29 is 14.7 Å². The van der Waals surface area contributed by atoms with Crippen LogP contribution in [-0.4, -0.2) is 29.1 Å². The van der Waals surface area contributed by atoms with Crippen LogP contribution in [0.15, 0.2) is 0 Å². The number of carbonyl (C=O) groups is 2. The molecule has 5 heteroatoms. The summed E-state index contributed by atoms with van der Waals surface area (Å²) in [5, 5.41) is 11.2. The first-order valence-electron chi connectivity index (χ1n) is 5.29. The molecule has 0 saturated carbocycles. The molecular formula is C10H20N2O3. The molecule has 0 aromatic carbocycles. The minimum atomic E-state index is -0.911. The van der Waals surface area contributed by atoms with Gasteiger partial charge in [0.05, 0.1) is 12.5 Å². The highest BCUT2D eigenvalue weighted by Crippen LogP contribution is 2.00. The standard InChI is InChI=1S/C10H20N2O3/c1-3-5-8(11)10(15)12-7(4-2)6-9(13)14/h7-8H,3-6,11H2,1-2H3,(H,12,15)(H,13,14). The zero-order valence-electron chi connectivity index (χ0n) is 9.32. The maximum atomic E-state index is 11.5. The molecule has 5 nitrogen and oxygen atoms in total. The Labute approximate surface area is 90.0 Å². The van der Waals surface area contributed by atoms with Crippen LogP contribution in [0.3, 0.4) is 0 Å². The van der Waals surface area contributed by atoms with Crippen LogP contribution in [0.4, 0.5) is 0 Å². The molecule has 1 amide bonds. The quantitative estimate of drug-likeness (QED) is 0.577. The summed E-state index contributed by atoms with van der Waals surface area (Å²) in [5.41, 5.74) is 5.60. The van der Waals surface area contributed by atoms with Crippen LogP contribution in [0.25, 0.3) is 0 Å². The summed E-state index contributed by atoms with van der Waals surface area (Å²) in [4.78, 5) is 21.9. The first-order valence-corrected chi connectivity index (χ1v) is 5.29. The third-order valence-electron chi connectivity index (χ3n) is 2.20. The summed E-state index contributed by atoms with van der Waals surface area (Å²) in [7, 11) is 0. The molecule has 0 fully saturated rings. The Hall–Kier alpha value is -1.10. The number of nitrogens with two attached hydrogens (primary N) is 1. The van der Waals surface area contributed by atoms with E-state index in [-0.39, 0.29) is 18.4 Å². The molecule has 0 aromatic rings. The molecule has 0 rings (SSSR count). The fraction of sp³-hybridized carbons (Fsp3) is 0.800. The summed E-state index contributed by atoms with van der Waals surface area (Å²) in [6.45, 7) is 3.78. The molecule has 0 aromatic heterocycles. The van der Waals surface area contributed by atoms with E-state index in [9.17, 15) is 9.59 Å². The SMILES string of the molecule is CCCC(N)C(=O)NC(CC)CC(=O)O. The summed E-state index contributed by atoms with van der Waals surface area (Å²) < 4.78 is 0. The predicted octanol–water partition coefficient (Wildman–Crippen LogP) is 0.483. The highest BCUT2D eigenvalue weighted by molar-refractivity contribution is 5.82. The van der Waals surface area contributed by atoms with Crippen molar-refractivity contribution in [3.8, 4) is 0 Å². The smallest absolute Gasteiger partial charge is 0.305 e. The predicted molar refractivity (Wildman–Crippen MR) is 57.4 cm³/mol. The van der Waals surface area contributed by atoms with Crippen molar-refractivity contribution in [3.63, 3.8) is 0 Å². The van der Waals surface area contributed by atoms with Gasteiger partial charge in [-0.05, 0) is 12.8 Å². The van der Waals surface area contributed by atoms with Crippen LogP contribution >= 0.6 is 0 Å². The van der Waals surface area contributed by atoms with Crippen molar-refractivity contribution in [2.45, 2.75) is 51.6 Å². The number of carbonyl (C=O) groups excluding carboxylic acids is 1. The van der Waals surface area contributed by atoms with Crippen molar-refractivity contribution >= 4 is 11.9 Å². The monoisotopic (exact) mass is 216 g/mol. The lowest BCUT2D eigenvalue weighted by atomic mass is 10.1. The Balaban J connectivity index is 4.05. The summed E-state index contributed by atoms with van der Waals surface area (Å²) in [6, 6.07) is -0.851. The Morgan fingerprint density at radius 3 is 2.40 bits per heavy atom. The number of amides is 1. The van der Waals surface area contributed by atoms with Gasteiger partial charge in [-0.15, -0.1) is 0 Å². The maximum Gasteiger partial charge on any atom is 0.305 e. The van der Waals surface area contributed by atoms with E-state index in [0.717, 1.165) is 6.42 Å². The topological polar surface area (TPSA) is 92.4 Å². The van der Waals surface area contributed by atoms with Gasteiger partial charge in [-0.1, -0.05) is 20.3 Å². The second kappa shape index (κ2) is 7.23. The fourth-order valence-corrected chi connectivity index (χ4v) is 1.26. The number of carboxylic acids is 1. The molecule has 0 aliphatic carbocycles. The van der Waals surface area contributed by atoms with E-state index in [1.54, 1.807) is 0 Å². The number of hydrogen-bond acceptors (Lipinski definition) is 3. The van der Waals surface area contributed by atoms with E-state index >= 15 is 0 Å². The van der Waals surface area contributed by atoms with Crippen LogP contribution in [0.1, 0.15) is 39.5 Å². The van der Waals surface area contributed by atoms with E-state index < -0.39 is 12.0 Å². The van der Waals surface area contributed by atoms with Gasteiger partial charge in [0, 0.05) is 6.04 Å². The number of nitrogens with one attached hydrogen (secondary N) is 1. The van der Waals surface area contributed by atoms with E-state index in [1.165, 1.54) is 0 Å². The summed E-state index contributed by atoms with van der Waals surface area (Å²) >= 11 is 0. The zero-order chi connectivity index (χ0) is 11.8. The Kier molecular flexibility index (Phi) is 6.70. The van der Waals surface area contributed by atoms with E-state index in [4.69, 9.17) is 10.8 Å². The van der Waals surface area contributed by atoms with Crippen LogP contribution in [-0.2, 0) is 9.59 Å². The van der Waals surface area contributed by atoms with Gasteiger partial charge in [-0.2, -0.15) is 0 Å².